The van der Waals surface area contributed by atoms with Crippen LogP contribution in [0, 0.1) is 5.92 Å². The van der Waals surface area contributed by atoms with Gasteiger partial charge in [0.1, 0.15) is 90.6 Å². The summed E-state index contributed by atoms with van der Waals surface area (Å²) in [5.41, 5.74) is -4.57. The molecule has 0 spiro atoms. The standard InChI is InChI=1S/C70H106O33S2/c1-10-12-31(2)13-16-66(5,78)61-32(3)19-42-41(94-61)25-52-70(9,101-42)62(99-65-58(77)55(74)48(97-65)30-86-64-57(76)54(73)47(96-64)29-85-63-56(75)53(72)46(28-71)95-63)60-45(93-52)23-44-59(98-60)33(4)27-69(8)50(92-44)26-49-68(7,103-69)17-14-34-35(91-49)20-37-36(88-34)21-38-39(89-37)22-43-40(90-38)24-51(102-105(82,83)84)67(6,100-43)15-11-18-87-104(79,80)81/h10,13,16,33-65,71-78H,1-3,11-12,14-15,17-30H2,4-9H3,(H,79,80,81)(H,82,83,84)/b16-13+/t33-,34-,35+,36+,37-,38-,39+,40+,41+,42-,43-,44-,45+,46-,47-,48-,49-,50+,51-,52-,53-,54-,55-,56+,57+,58+,59+,60+,61+,62+,63-,64-,65+,66-,67+,68+,69-,70-/m0/s1. The zero-order valence-electron chi connectivity index (χ0n) is 59.8. The Morgan fingerprint density at radius 3 is 1.78 bits per heavy atom. The molecule has 14 rings (SSSR count). The van der Waals surface area contributed by atoms with Crippen LogP contribution < -0.4 is 0 Å². The first-order valence-corrected chi connectivity index (χ1v) is 39.7. The fourth-order valence-electron chi connectivity index (χ4n) is 19.2. The monoisotopic (exact) mass is 1540 g/mol. The van der Waals surface area contributed by atoms with E-state index in [1.54, 1.807) is 32.1 Å². The molecule has 14 saturated heterocycles. The maximum absolute atomic E-state index is 12.1. The van der Waals surface area contributed by atoms with Crippen LogP contribution in [0.25, 0.3) is 0 Å². The van der Waals surface area contributed by atoms with E-state index >= 15 is 0 Å². The predicted molar refractivity (Wildman–Crippen MR) is 356 cm³/mol. The highest BCUT2D eigenvalue weighted by molar-refractivity contribution is 7.81. The normalized spacial score (nSPS) is 51.7. The summed E-state index contributed by atoms with van der Waals surface area (Å²) in [4.78, 5) is 0. The second-order valence-electron chi connectivity index (χ2n) is 32.6. The Hall–Kier alpha value is -2.30. The zero-order chi connectivity index (χ0) is 75.0. The number of hydrogen-bond acceptors (Lipinski definition) is 31. The largest absolute Gasteiger partial charge is 0.397 e. The molecule has 0 aliphatic carbocycles. The topological polar surface area (TPSA) is 446 Å². The van der Waals surface area contributed by atoms with Gasteiger partial charge in [0.15, 0.2) is 18.9 Å². The highest BCUT2D eigenvalue weighted by atomic mass is 32.3. The minimum atomic E-state index is -4.96. The average Bonchev–Trinajstić information content (AvgIpc) is 1.68. The van der Waals surface area contributed by atoms with Gasteiger partial charge in [-0.05, 0) is 91.1 Å². The molecule has 0 aromatic rings. The molecular formula is C70H106O33S2. The van der Waals surface area contributed by atoms with Crippen molar-refractivity contribution in [3.05, 3.63) is 49.1 Å². The van der Waals surface area contributed by atoms with Gasteiger partial charge < -0.3 is 121 Å². The third kappa shape index (κ3) is 16.0. The van der Waals surface area contributed by atoms with Gasteiger partial charge in [0.2, 0.25) is 0 Å². The van der Waals surface area contributed by atoms with Crippen molar-refractivity contribution in [2.75, 3.05) is 26.4 Å². The molecule has 0 saturated carbocycles. The first-order chi connectivity index (χ1) is 49.4. The minimum absolute atomic E-state index is 0.0208. The van der Waals surface area contributed by atoms with Crippen LogP contribution >= 0.6 is 0 Å². The van der Waals surface area contributed by atoms with Crippen molar-refractivity contribution < 1.29 is 156 Å². The SMILES string of the molecule is C=CCC(=C)/C=C/[C@](C)(O)[C@@H]1O[C@@H]2C[C@@H]3O[C@@H]4C[C@@H]5O[C@@H]6C[C@@H]7O[C@@H]8C[C@@H]9O[C@@H]%10C[C@@H]%11O[C@](C)(CCCOS(=O)(=O)O)[C@@H](OS(=O)(=O)O)C[C@H]%11O[C@H]%10C[C@H]9O[C@H]8CC[C@@]7(C)O[C@@]6(C)C[C@H](C)[C@H]5O[C@H]4[C@@H](O[C@H]4O[C@@H](CO[C@H]5O[C@@H](CO[C@H]6O[C@@H](CO)[C@H](O)[C@H]6O)[C@H](O)[C@H]5O)[C@H](O)[C@H]4O)[C@@]3(C)O[C@H]2CC1=C. The predicted octanol–water partition coefficient (Wildman–Crippen LogP) is 0.450. The van der Waals surface area contributed by atoms with Crippen LogP contribution in [0.1, 0.15) is 131 Å². The number of aliphatic hydroxyl groups is 8. The van der Waals surface area contributed by atoms with Crippen LogP contribution in [0.5, 0.6) is 0 Å². The molecule has 0 amide bonds. The molecule has 35 heteroatoms. The van der Waals surface area contributed by atoms with Gasteiger partial charge >= 0.3 is 20.8 Å². The van der Waals surface area contributed by atoms with Crippen LogP contribution in [0.3, 0.4) is 0 Å². The van der Waals surface area contributed by atoms with E-state index in [-0.39, 0.29) is 50.2 Å². The van der Waals surface area contributed by atoms with Crippen molar-refractivity contribution in [3.8, 4) is 0 Å². The minimum Gasteiger partial charge on any atom is -0.394 e. The van der Waals surface area contributed by atoms with E-state index in [0.29, 0.717) is 63.4 Å². The highest BCUT2D eigenvalue weighted by Crippen LogP contribution is 2.56. The van der Waals surface area contributed by atoms with E-state index in [1.807, 2.05) is 6.92 Å². The number of aliphatic hydroxyl groups excluding tert-OH is 7. The lowest BCUT2D eigenvalue weighted by Crippen LogP contribution is -2.74. The third-order valence-corrected chi connectivity index (χ3v) is 25.6. The molecule has 0 radical (unpaired) electrons. The van der Waals surface area contributed by atoms with E-state index in [4.69, 9.17) is 89.3 Å². The van der Waals surface area contributed by atoms with Crippen LogP contribution in [-0.4, -0.2) is 317 Å². The van der Waals surface area contributed by atoms with Crippen LogP contribution in [0.15, 0.2) is 49.1 Å². The van der Waals surface area contributed by atoms with Gasteiger partial charge in [-0.1, -0.05) is 43.9 Å². The average molecular weight is 1540 g/mol. The Bertz CT molecular complexity index is 3390. The van der Waals surface area contributed by atoms with E-state index in [0.717, 1.165) is 5.57 Å². The number of ether oxygens (including phenoxy) is 17. The van der Waals surface area contributed by atoms with Gasteiger partial charge in [0.25, 0.3) is 0 Å². The molecule has 0 bridgehead atoms. The molecular weight excluding hydrogens is 1430 g/mol. The fraction of sp³-hybridized carbons (Fsp3) is 0.886. The Morgan fingerprint density at radius 2 is 1.15 bits per heavy atom. The van der Waals surface area contributed by atoms with Gasteiger partial charge in [0.05, 0.1) is 141 Å². The maximum atomic E-state index is 12.1. The van der Waals surface area contributed by atoms with Crippen LogP contribution in [-0.2, 0) is 110 Å². The number of hydrogen-bond donors (Lipinski definition) is 10. The highest BCUT2D eigenvalue weighted by Gasteiger charge is 2.68. The fourth-order valence-corrected chi connectivity index (χ4v) is 20.1. The first-order valence-electron chi connectivity index (χ1n) is 36.9. The van der Waals surface area contributed by atoms with Crippen molar-refractivity contribution in [2.24, 2.45) is 5.92 Å². The third-order valence-electron chi connectivity index (χ3n) is 24.7. The molecule has 0 aromatic carbocycles. The lowest BCUT2D eigenvalue weighted by molar-refractivity contribution is -0.382. The second-order valence-corrected chi connectivity index (χ2v) is 34.7. The van der Waals surface area contributed by atoms with Gasteiger partial charge in [-0.15, -0.1) is 6.58 Å². The van der Waals surface area contributed by atoms with Crippen LogP contribution in [0.2, 0.25) is 0 Å². The van der Waals surface area contributed by atoms with Crippen molar-refractivity contribution in [1.82, 2.24) is 0 Å². The summed E-state index contributed by atoms with van der Waals surface area (Å²) in [5, 5.41) is 87.6. The first kappa shape index (κ1) is 79.3. The Labute approximate surface area is 610 Å². The summed E-state index contributed by atoms with van der Waals surface area (Å²) in [5.74, 6) is -0.208. The molecule has 596 valence electrons. The molecule has 14 aliphatic rings. The number of allylic oxidation sites excluding steroid dienone is 3. The van der Waals surface area contributed by atoms with Crippen molar-refractivity contribution in [2.45, 2.75) is 355 Å². The van der Waals surface area contributed by atoms with E-state index in [9.17, 15) is 62.2 Å². The molecule has 14 fully saturated rings. The van der Waals surface area contributed by atoms with Crippen molar-refractivity contribution >= 4 is 20.8 Å². The summed E-state index contributed by atoms with van der Waals surface area (Å²) in [6.07, 6.45) is -20.0. The molecule has 10 N–H and O–H groups in total. The smallest absolute Gasteiger partial charge is 0.394 e. The zero-order valence-corrected chi connectivity index (χ0v) is 61.4. The molecule has 38 atom stereocenters. The van der Waals surface area contributed by atoms with Gasteiger partial charge in [0, 0.05) is 44.9 Å². The molecule has 0 unspecified atom stereocenters. The lowest BCUT2D eigenvalue weighted by atomic mass is 9.73. The molecule has 105 heavy (non-hydrogen) atoms. The summed E-state index contributed by atoms with van der Waals surface area (Å²) in [7, 11) is -9.69. The Morgan fingerprint density at radius 1 is 0.610 bits per heavy atom. The van der Waals surface area contributed by atoms with Crippen molar-refractivity contribution in [1.29, 1.82) is 0 Å². The second kappa shape index (κ2) is 30.2. The summed E-state index contributed by atoms with van der Waals surface area (Å²) >= 11 is 0. The summed E-state index contributed by atoms with van der Waals surface area (Å²) in [6.45, 7) is 21.7. The van der Waals surface area contributed by atoms with E-state index < -0.39 is 259 Å². The van der Waals surface area contributed by atoms with E-state index in [2.05, 4.69) is 44.7 Å². The van der Waals surface area contributed by atoms with Crippen molar-refractivity contribution in [3.63, 3.8) is 0 Å². The summed E-state index contributed by atoms with van der Waals surface area (Å²) < 4.78 is 189. The van der Waals surface area contributed by atoms with Gasteiger partial charge in [-0.2, -0.15) is 16.8 Å². The molecule has 14 heterocycles. The molecule has 33 nitrogen and oxygen atoms in total. The maximum Gasteiger partial charge on any atom is 0.397 e. The molecule has 0 aromatic heterocycles. The lowest BCUT2D eigenvalue weighted by Gasteiger charge is -2.60. The quantitative estimate of drug-likeness (QED) is 0.0323. The van der Waals surface area contributed by atoms with Gasteiger partial charge in [-0.3, -0.25) is 9.11 Å². The summed E-state index contributed by atoms with van der Waals surface area (Å²) in [6, 6.07) is 0. The van der Waals surface area contributed by atoms with Crippen LogP contribution in [0.4, 0.5) is 0 Å². The Kier molecular flexibility index (Phi) is 22.8. The number of rotatable bonds is 21. The van der Waals surface area contributed by atoms with E-state index in [1.165, 1.54) is 0 Å². The van der Waals surface area contributed by atoms with Gasteiger partial charge in [-0.25, -0.2) is 8.37 Å². The molecule has 14 aliphatic heterocycles. The Balaban J connectivity index is 0.660. The number of fused-ring (bicyclic) bond motifs is 10.